The molecule has 12 aromatic rings. The van der Waals surface area contributed by atoms with Crippen LogP contribution in [0.1, 0.15) is 5.56 Å². The molecular weight excluding hydrogens is 745 g/mol. The van der Waals surface area contributed by atoms with Crippen LogP contribution in [0.4, 0.5) is 17.1 Å². The molecule has 0 radical (unpaired) electrons. The minimum atomic E-state index is 0.897. The van der Waals surface area contributed by atoms with Crippen LogP contribution >= 0.6 is 0 Å². The van der Waals surface area contributed by atoms with Crippen molar-refractivity contribution in [1.29, 1.82) is 0 Å². The number of hydrogen-bond acceptors (Lipinski definition) is 5. The number of rotatable bonds is 6. The Hall–Kier alpha value is -8.22. The average Bonchev–Trinajstić information content (AvgIpc) is 3.65. The van der Waals surface area contributed by atoms with E-state index in [1.807, 2.05) is 36.9 Å². The van der Waals surface area contributed by atoms with E-state index >= 15 is 0 Å². The highest BCUT2D eigenvalue weighted by Gasteiger charge is 2.20. The molecule has 0 atom stereocenters. The van der Waals surface area contributed by atoms with Gasteiger partial charge in [0.25, 0.3) is 0 Å². The summed E-state index contributed by atoms with van der Waals surface area (Å²) in [5, 5.41) is 6.61. The molecule has 0 N–H and O–H groups in total. The molecule has 12 rings (SSSR count). The molecule has 0 bridgehead atoms. The highest BCUT2D eigenvalue weighted by Crippen LogP contribution is 2.42. The molecule has 6 nitrogen and oxygen atoms in total. The van der Waals surface area contributed by atoms with Gasteiger partial charge < -0.3 is 9.47 Å². The van der Waals surface area contributed by atoms with E-state index in [1.165, 1.54) is 10.8 Å². The van der Waals surface area contributed by atoms with Crippen LogP contribution < -0.4 is 4.90 Å². The van der Waals surface area contributed by atoms with Gasteiger partial charge in [0.2, 0.25) is 0 Å². The van der Waals surface area contributed by atoms with Gasteiger partial charge in [-0.3, -0.25) is 19.9 Å². The lowest BCUT2D eigenvalue weighted by Gasteiger charge is -2.25. The number of anilines is 3. The predicted molar refractivity (Wildman–Crippen MR) is 252 cm³/mol. The number of hydrogen-bond donors (Lipinski definition) is 0. The zero-order chi connectivity index (χ0) is 40.4. The number of aromatic nitrogens is 5. The summed E-state index contributed by atoms with van der Waals surface area (Å²) in [6.45, 7) is 2.21. The van der Waals surface area contributed by atoms with E-state index in [1.54, 1.807) is 0 Å². The van der Waals surface area contributed by atoms with Crippen molar-refractivity contribution in [3.8, 4) is 27.9 Å². The minimum absolute atomic E-state index is 0.897. The lowest BCUT2D eigenvalue weighted by atomic mass is 9.92. The maximum atomic E-state index is 5.07. The fraction of sp³-hybridized carbons (Fsp3) is 0.0182. The largest absolute Gasteiger partial charge is 0.310 e. The van der Waals surface area contributed by atoms with Crippen LogP contribution in [0, 0.1) is 6.92 Å². The van der Waals surface area contributed by atoms with Crippen LogP contribution in [0.15, 0.2) is 201 Å². The molecule has 5 aromatic heterocycles. The molecule has 286 valence electrons. The molecule has 7 aromatic carbocycles. The molecule has 0 amide bonds. The summed E-state index contributed by atoms with van der Waals surface area (Å²) in [6, 6.07) is 62.6. The fourth-order valence-electron chi connectivity index (χ4n) is 9.17. The SMILES string of the molecule is Cc1c(-c2cnc3c(ccc4cccnc43)c2)cc(-n2c3ccccc3c3cc(N(c4ccccc4)c4ccccc4)ccc32)cc1-c1cnc2c(ccc3cccnc32)c1. The van der Waals surface area contributed by atoms with Crippen molar-refractivity contribution in [2.24, 2.45) is 0 Å². The van der Waals surface area contributed by atoms with Crippen molar-refractivity contribution in [3.05, 3.63) is 206 Å². The van der Waals surface area contributed by atoms with Gasteiger partial charge in [0.05, 0.1) is 33.1 Å². The molecule has 0 saturated heterocycles. The van der Waals surface area contributed by atoms with Crippen molar-refractivity contribution >= 4 is 82.5 Å². The monoisotopic (exact) mass is 780 g/mol. The predicted octanol–water partition coefficient (Wildman–Crippen LogP) is 14.1. The third-order valence-corrected chi connectivity index (χ3v) is 12.1. The number of fused-ring (bicyclic) bond motifs is 9. The van der Waals surface area contributed by atoms with Crippen LogP contribution in [0.2, 0.25) is 0 Å². The number of para-hydroxylation sites is 3. The van der Waals surface area contributed by atoms with Crippen molar-refractivity contribution in [2.45, 2.75) is 6.92 Å². The number of pyridine rings is 4. The summed E-state index contributed by atoms with van der Waals surface area (Å²) in [5.41, 5.74) is 15.6. The van der Waals surface area contributed by atoms with E-state index in [0.29, 0.717) is 0 Å². The van der Waals surface area contributed by atoms with Crippen molar-refractivity contribution in [2.75, 3.05) is 4.90 Å². The molecule has 5 heterocycles. The molecule has 0 unspecified atom stereocenters. The van der Waals surface area contributed by atoms with E-state index in [2.05, 4.69) is 180 Å². The summed E-state index contributed by atoms with van der Waals surface area (Å²) in [4.78, 5) is 21.9. The second kappa shape index (κ2) is 14.0. The average molecular weight is 781 g/mol. The molecule has 0 aliphatic rings. The first-order valence-electron chi connectivity index (χ1n) is 20.5. The molecule has 0 aliphatic heterocycles. The van der Waals surface area contributed by atoms with Crippen molar-refractivity contribution in [3.63, 3.8) is 0 Å². The van der Waals surface area contributed by atoms with E-state index in [9.17, 15) is 0 Å². The Labute approximate surface area is 351 Å². The number of nitrogens with zero attached hydrogens (tertiary/aromatic N) is 6. The summed E-state index contributed by atoms with van der Waals surface area (Å²) in [7, 11) is 0. The maximum absolute atomic E-state index is 5.07. The molecule has 61 heavy (non-hydrogen) atoms. The first-order chi connectivity index (χ1) is 30.2. The molecule has 0 fully saturated rings. The lowest BCUT2D eigenvalue weighted by molar-refractivity contribution is 1.17. The smallest absolute Gasteiger partial charge is 0.0964 e. The summed E-state index contributed by atoms with van der Waals surface area (Å²) in [5.74, 6) is 0. The van der Waals surface area contributed by atoms with Crippen molar-refractivity contribution in [1.82, 2.24) is 24.5 Å². The van der Waals surface area contributed by atoms with Gasteiger partial charge in [0.15, 0.2) is 0 Å². The van der Waals surface area contributed by atoms with E-state index in [4.69, 9.17) is 19.9 Å². The molecule has 0 spiro atoms. The van der Waals surface area contributed by atoms with Crippen LogP contribution in [-0.4, -0.2) is 24.5 Å². The standard InChI is InChI=1S/C55H36N6/c1-35-47(40-28-38-22-20-36-12-10-26-56-52(36)54(38)58-33-40)31-45(32-48(35)41-29-39-23-21-37-13-11-27-57-53(37)55(39)59-34-41)61-50-19-9-8-18-46(50)49-30-44(24-25-51(49)61)60(42-14-4-2-5-15-42)43-16-6-3-7-17-43/h2-34H,1H3. The Morgan fingerprint density at radius 2 is 0.902 bits per heavy atom. The van der Waals surface area contributed by atoms with E-state index < -0.39 is 0 Å². The van der Waals surface area contributed by atoms with Crippen LogP contribution in [0.3, 0.4) is 0 Å². The molecule has 0 saturated carbocycles. The summed E-state index contributed by atoms with van der Waals surface area (Å²) in [6.07, 6.45) is 7.68. The van der Waals surface area contributed by atoms with E-state index in [0.717, 1.165) is 105 Å². The van der Waals surface area contributed by atoms with Gasteiger partial charge in [0.1, 0.15) is 0 Å². The van der Waals surface area contributed by atoms with Crippen LogP contribution in [-0.2, 0) is 0 Å². The zero-order valence-corrected chi connectivity index (χ0v) is 33.2. The second-order valence-corrected chi connectivity index (χ2v) is 15.6. The van der Waals surface area contributed by atoms with Gasteiger partial charge in [-0.1, -0.05) is 91.0 Å². The highest BCUT2D eigenvalue weighted by molar-refractivity contribution is 6.11. The first-order valence-corrected chi connectivity index (χ1v) is 20.5. The fourth-order valence-corrected chi connectivity index (χ4v) is 9.17. The number of benzene rings is 7. The Morgan fingerprint density at radius 3 is 1.49 bits per heavy atom. The van der Waals surface area contributed by atoms with Gasteiger partial charge in [-0.05, 0) is 109 Å². The van der Waals surface area contributed by atoms with E-state index in [-0.39, 0.29) is 0 Å². The molecule has 0 aliphatic carbocycles. The Bertz CT molecular complexity index is 3490. The van der Waals surface area contributed by atoms with Gasteiger partial charge in [-0.25, -0.2) is 0 Å². The third kappa shape index (κ3) is 5.72. The van der Waals surface area contributed by atoms with Gasteiger partial charge in [0, 0.05) is 91.0 Å². The molecule has 6 heteroatoms. The Morgan fingerprint density at radius 1 is 0.393 bits per heavy atom. The Balaban J connectivity index is 1.10. The quantitative estimate of drug-likeness (QED) is 0.157. The van der Waals surface area contributed by atoms with Gasteiger partial charge >= 0.3 is 0 Å². The lowest BCUT2D eigenvalue weighted by Crippen LogP contribution is -2.09. The van der Waals surface area contributed by atoms with Gasteiger partial charge in [-0.15, -0.1) is 0 Å². The topological polar surface area (TPSA) is 59.7 Å². The van der Waals surface area contributed by atoms with Crippen LogP contribution in [0.5, 0.6) is 0 Å². The first kappa shape index (κ1) is 34.8. The molecular formula is C55H36N6. The summed E-state index contributed by atoms with van der Waals surface area (Å²) >= 11 is 0. The summed E-state index contributed by atoms with van der Waals surface area (Å²) < 4.78 is 2.41. The normalized spacial score (nSPS) is 11.7. The van der Waals surface area contributed by atoms with Crippen molar-refractivity contribution < 1.29 is 0 Å². The Kier molecular flexibility index (Phi) is 7.96. The van der Waals surface area contributed by atoms with Crippen LogP contribution in [0.25, 0.3) is 93.4 Å². The zero-order valence-electron chi connectivity index (χ0n) is 33.2. The third-order valence-electron chi connectivity index (χ3n) is 12.1. The second-order valence-electron chi connectivity index (χ2n) is 15.6. The maximum Gasteiger partial charge on any atom is 0.0964 e. The van der Waals surface area contributed by atoms with Gasteiger partial charge in [-0.2, -0.15) is 0 Å². The highest BCUT2D eigenvalue weighted by atomic mass is 15.1. The minimum Gasteiger partial charge on any atom is -0.310 e.